The highest BCUT2D eigenvalue weighted by Gasteiger charge is 2.27. The fraction of sp³-hybridized carbons (Fsp3) is 0.348. The number of hydrogen-bond donors (Lipinski definition) is 0. The zero-order valence-corrected chi connectivity index (χ0v) is 19.8. The van der Waals surface area contributed by atoms with Crippen molar-refractivity contribution in [2.24, 2.45) is 0 Å². The number of carbonyl (C=O) groups is 1. The summed E-state index contributed by atoms with van der Waals surface area (Å²) in [6.07, 6.45) is 1.65. The van der Waals surface area contributed by atoms with E-state index in [0.29, 0.717) is 49.8 Å². The first-order chi connectivity index (χ1) is 16.4. The molecule has 178 valence electrons. The van der Waals surface area contributed by atoms with Gasteiger partial charge in [-0.2, -0.15) is 4.31 Å². The number of rotatable bonds is 6. The third-order valence-corrected chi connectivity index (χ3v) is 7.85. The van der Waals surface area contributed by atoms with Crippen LogP contribution in [0.25, 0.3) is 16.7 Å². The number of nitrogens with zero attached hydrogens (tertiary/aromatic N) is 5. The average Bonchev–Trinajstić information content (AvgIpc) is 3.44. The highest BCUT2D eigenvalue weighted by molar-refractivity contribution is 7.89. The third kappa shape index (κ3) is 3.95. The number of aromatic nitrogens is 4. The Morgan fingerprint density at radius 2 is 1.94 bits per heavy atom. The van der Waals surface area contributed by atoms with E-state index in [1.165, 1.54) is 4.31 Å². The normalized spacial score (nSPS) is 15.2. The van der Waals surface area contributed by atoms with Crippen molar-refractivity contribution < 1.29 is 22.7 Å². The maximum Gasteiger partial charge on any atom is 0.359 e. The van der Waals surface area contributed by atoms with Crippen LogP contribution in [0.3, 0.4) is 0 Å². The summed E-state index contributed by atoms with van der Waals surface area (Å²) in [6.45, 7) is 5.84. The number of morpholine rings is 1. The summed E-state index contributed by atoms with van der Waals surface area (Å²) in [4.78, 5) is 21.7. The molecule has 10 nitrogen and oxygen atoms in total. The van der Waals surface area contributed by atoms with Crippen LogP contribution in [0.4, 0.5) is 0 Å². The predicted molar refractivity (Wildman–Crippen MR) is 124 cm³/mol. The molecule has 1 fully saturated rings. The fourth-order valence-electron chi connectivity index (χ4n) is 4.17. The van der Waals surface area contributed by atoms with Crippen LogP contribution in [0.5, 0.6) is 0 Å². The molecule has 34 heavy (non-hydrogen) atoms. The van der Waals surface area contributed by atoms with Crippen molar-refractivity contribution in [1.82, 2.24) is 23.2 Å². The molecular weight excluding hydrogens is 458 g/mol. The molecule has 0 aliphatic carbocycles. The number of benzene rings is 1. The summed E-state index contributed by atoms with van der Waals surface area (Å²) < 4.78 is 42.0. The molecule has 0 bridgehead atoms. The maximum atomic E-state index is 13.0. The second kappa shape index (κ2) is 8.82. The van der Waals surface area contributed by atoms with E-state index in [4.69, 9.17) is 9.47 Å². The number of hydrogen-bond acceptors (Lipinski definition) is 7. The largest absolute Gasteiger partial charge is 0.453 e. The van der Waals surface area contributed by atoms with E-state index in [-0.39, 0.29) is 17.2 Å². The van der Waals surface area contributed by atoms with Crippen molar-refractivity contribution in [2.75, 3.05) is 26.3 Å². The lowest BCUT2D eigenvalue weighted by Gasteiger charge is -2.26. The summed E-state index contributed by atoms with van der Waals surface area (Å²) in [7, 11) is -3.63. The van der Waals surface area contributed by atoms with Gasteiger partial charge in [0.2, 0.25) is 10.0 Å². The molecule has 5 rings (SSSR count). The van der Waals surface area contributed by atoms with Gasteiger partial charge in [-0.05, 0) is 44.2 Å². The standard InChI is InChI=1S/C23H25N5O5S/c1-3-27-20-8-7-17(34(30,31)26-9-11-32-12-10-26)13-18(20)24-22(27)15-33-23(29)19-14-28-16(2)5-4-6-21(28)25-19/h4-8,13-14H,3,9-12,15H2,1-2H3. The highest BCUT2D eigenvalue weighted by atomic mass is 32.2. The van der Waals surface area contributed by atoms with Crippen LogP contribution in [0.15, 0.2) is 47.5 Å². The zero-order valence-electron chi connectivity index (χ0n) is 19.0. The van der Waals surface area contributed by atoms with E-state index in [9.17, 15) is 13.2 Å². The number of sulfonamides is 1. The summed E-state index contributed by atoms with van der Waals surface area (Å²) in [6, 6.07) is 10.5. The number of aryl methyl sites for hydroxylation is 2. The van der Waals surface area contributed by atoms with Crippen molar-refractivity contribution in [3.05, 3.63) is 59.8 Å². The van der Waals surface area contributed by atoms with Gasteiger partial charge in [-0.1, -0.05) is 6.07 Å². The number of imidazole rings is 2. The number of esters is 1. The molecule has 1 aromatic carbocycles. The van der Waals surface area contributed by atoms with E-state index in [0.717, 1.165) is 11.2 Å². The van der Waals surface area contributed by atoms with Gasteiger partial charge < -0.3 is 18.4 Å². The number of fused-ring (bicyclic) bond motifs is 2. The molecule has 0 spiro atoms. The molecule has 0 unspecified atom stereocenters. The van der Waals surface area contributed by atoms with Crippen LogP contribution >= 0.6 is 0 Å². The average molecular weight is 484 g/mol. The molecule has 4 aromatic rings. The number of ether oxygens (including phenoxy) is 2. The minimum absolute atomic E-state index is 0.0558. The monoisotopic (exact) mass is 483 g/mol. The number of carbonyl (C=O) groups excluding carboxylic acids is 1. The Bertz CT molecular complexity index is 1480. The topological polar surface area (TPSA) is 108 Å². The molecule has 0 N–H and O–H groups in total. The Labute approximate surface area is 196 Å². The van der Waals surface area contributed by atoms with Gasteiger partial charge >= 0.3 is 5.97 Å². The molecule has 3 aromatic heterocycles. The predicted octanol–water partition coefficient (Wildman–Crippen LogP) is 2.39. The first kappa shape index (κ1) is 22.5. The molecule has 11 heteroatoms. The Hall–Kier alpha value is -3.28. The van der Waals surface area contributed by atoms with E-state index >= 15 is 0 Å². The Morgan fingerprint density at radius 3 is 2.68 bits per heavy atom. The minimum atomic E-state index is -3.63. The van der Waals surface area contributed by atoms with Crippen LogP contribution in [-0.4, -0.2) is 63.9 Å². The first-order valence-electron chi connectivity index (χ1n) is 11.1. The van der Waals surface area contributed by atoms with Gasteiger partial charge in [-0.15, -0.1) is 0 Å². The van der Waals surface area contributed by atoms with E-state index in [1.807, 2.05) is 41.0 Å². The minimum Gasteiger partial charge on any atom is -0.453 e. The van der Waals surface area contributed by atoms with E-state index in [1.54, 1.807) is 24.4 Å². The molecule has 0 atom stereocenters. The summed E-state index contributed by atoms with van der Waals surface area (Å²) in [5, 5.41) is 0. The third-order valence-electron chi connectivity index (χ3n) is 5.96. The van der Waals surface area contributed by atoms with Gasteiger partial charge in [0, 0.05) is 31.5 Å². The quantitative estimate of drug-likeness (QED) is 0.388. The lowest BCUT2D eigenvalue weighted by molar-refractivity contribution is 0.0452. The molecular formula is C23H25N5O5S. The van der Waals surface area contributed by atoms with Gasteiger partial charge in [0.05, 0.1) is 29.1 Å². The first-order valence-corrected chi connectivity index (χ1v) is 12.5. The highest BCUT2D eigenvalue weighted by Crippen LogP contribution is 2.24. The summed E-state index contributed by atoms with van der Waals surface area (Å²) in [5.41, 5.74) is 3.15. The second-order valence-corrected chi connectivity index (χ2v) is 9.97. The lowest BCUT2D eigenvalue weighted by Crippen LogP contribution is -2.40. The Morgan fingerprint density at radius 1 is 1.15 bits per heavy atom. The smallest absolute Gasteiger partial charge is 0.359 e. The molecule has 0 amide bonds. The maximum absolute atomic E-state index is 13.0. The van der Waals surface area contributed by atoms with Gasteiger partial charge in [0.1, 0.15) is 18.1 Å². The SMILES string of the molecule is CCn1c(COC(=O)c2cn3c(C)cccc3n2)nc2cc(S(=O)(=O)N3CCOCC3)ccc21. The van der Waals surface area contributed by atoms with Crippen molar-refractivity contribution in [3.63, 3.8) is 0 Å². The van der Waals surface area contributed by atoms with Crippen LogP contribution in [-0.2, 0) is 32.6 Å². The Balaban J connectivity index is 1.39. The van der Waals surface area contributed by atoms with E-state index in [2.05, 4.69) is 9.97 Å². The van der Waals surface area contributed by atoms with Crippen LogP contribution in [0.2, 0.25) is 0 Å². The van der Waals surface area contributed by atoms with Crippen molar-refractivity contribution >= 4 is 32.7 Å². The van der Waals surface area contributed by atoms with Crippen LogP contribution < -0.4 is 0 Å². The molecule has 1 aliphatic heterocycles. The molecule has 1 saturated heterocycles. The molecule has 4 heterocycles. The zero-order chi connectivity index (χ0) is 23.9. The van der Waals surface area contributed by atoms with Crippen LogP contribution in [0, 0.1) is 6.92 Å². The van der Waals surface area contributed by atoms with Gasteiger partial charge in [-0.25, -0.2) is 23.2 Å². The van der Waals surface area contributed by atoms with Crippen molar-refractivity contribution in [1.29, 1.82) is 0 Å². The molecule has 0 radical (unpaired) electrons. The summed E-state index contributed by atoms with van der Waals surface area (Å²) in [5.74, 6) is -0.0138. The lowest BCUT2D eigenvalue weighted by atomic mass is 10.3. The van der Waals surface area contributed by atoms with Crippen molar-refractivity contribution in [2.45, 2.75) is 31.9 Å². The second-order valence-electron chi connectivity index (χ2n) is 8.04. The van der Waals surface area contributed by atoms with Gasteiger partial charge in [-0.3, -0.25) is 0 Å². The van der Waals surface area contributed by atoms with Gasteiger partial charge in [0.25, 0.3) is 0 Å². The van der Waals surface area contributed by atoms with Gasteiger partial charge in [0.15, 0.2) is 5.69 Å². The van der Waals surface area contributed by atoms with Crippen molar-refractivity contribution in [3.8, 4) is 0 Å². The fourth-order valence-corrected chi connectivity index (χ4v) is 5.60. The molecule has 0 saturated carbocycles. The van der Waals surface area contributed by atoms with E-state index < -0.39 is 16.0 Å². The van der Waals surface area contributed by atoms with Crippen LogP contribution in [0.1, 0.15) is 28.9 Å². The Kier molecular flexibility index (Phi) is 5.84. The summed E-state index contributed by atoms with van der Waals surface area (Å²) >= 11 is 0. The number of pyridine rings is 1. The molecule has 1 aliphatic rings.